The van der Waals surface area contributed by atoms with Gasteiger partial charge in [0.2, 0.25) is 0 Å². The summed E-state index contributed by atoms with van der Waals surface area (Å²) in [6.07, 6.45) is 0. The highest BCUT2D eigenvalue weighted by molar-refractivity contribution is 9.10. The molecular formula is C9H4BrF2N3. The van der Waals surface area contributed by atoms with E-state index in [-0.39, 0.29) is 16.6 Å². The van der Waals surface area contributed by atoms with Crippen LogP contribution < -0.4 is 0 Å². The van der Waals surface area contributed by atoms with E-state index in [4.69, 9.17) is 5.53 Å². The van der Waals surface area contributed by atoms with E-state index in [1.807, 2.05) is 0 Å². The maximum atomic E-state index is 13.1. The largest absolute Gasteiger partial charge is 0.206 e. The lowest BCUT2D eigenvalue weighted by Crippen LogP contribution is -1.87. The molecule has 76 valence electrons. The van der Waals surface area contributed by atoms with E-state index < -0.39 is 11.6 Å². The minimum Gasteiger partial charge on any atom is -0.206 e. The molecule has 15 heavy (non-hydrogen) atoms. The SMILES string of the molecule is [N-]=[N+]=NCC#Cc1cc(F)c(Br)cc1F. The third kappa shape index (κ3) is 3.24. The number of benzene rings is 1. The van der Waals surface area contributed by atoms with Gasteiger partial charge >= 0.3 is 0 Å². The van der Waals surface area contributed by atoms with Gasteiger partial charge in [0.05, 0.1) is 16.6 Å². The fraction of sp³-hybridized carbons (Fsp3) is 0.111. The summed E-state index contributed by atoms with van der Waals surface area (Å²) in [5.41, 5.74) is 7.88. The zero-order valence-corrected chi connectivity index (χ0v) is 8.92. The Morgan fingerprint density at radius 1 is 1.40 bits per heavy atom. The summed E-state index contributed by atoms with van der Waals surface area (Å²) in [6, 6.07) is 1.97. The number of rotatable bonds is 1. The molecule has 0 aliphatic rings. The van der Waals surface area contributed by atoms with Crippen LogP contribution >= 0.6 is 15.9 Å². The highest BCUT2D eigenvalue weighted by atomic mass is 79.9. The van der Waals surface area contributed by atoms with Crippen LogP contribution in [0.15, 0.2) is 21.7 Å². The molecule has 0 N–H and O–H groups in total. The van der Waals surface area contributed by atoms with E-state index in [9.17, 15) is 8.78 Å². The molecule has 0 heterocycles. The molecule has 6 heteroatoms. The molecule has 0 radical (unpaired) electrons. The fourth-order valence-electron chi connectivity index (χ4n) is 0.820. The normalized spacial score (nSPS) is 8.73. The Hall–Kier alpha value is -1.57. The van der Waals surface area contributed by atoms with Crippen molar-refractivity contribution >= 4 is 15.9 Å². The molecule has 0 atom stereocenters. The molecule has 0 saturated carbocycles. The van der Waals surface area contributed by atoms with Crippen molar-refractivity contribution in [3.05, 3.63) is 44.2 Å². The molecule has 0 spiro atoms. The first kappa shape index (κ1) is 11.5. The molecule has 1 aromatic rings. The number of hydrogen-bond acceptors (Lipinski definition) is 1. The first-order valence-corrected chi connectivity index (χ1v) is 4.58. The first-order valence-electron chi connectivity index (χ1n) is 3.79. The minimum atomic E-state index is -0.628. The third-order valence-corrected chi connectivity index (χ3v) is 2.05. The molecule has 1 rings (SSSR count). The summed E-state index contributed by atoms with van der Waals surface area (Å²) in [5, 5.41) is 3.14. The van der Waals surface area contributed by atoms with E-state index in [0.29, 0.717) is 0 Å². The van der Waals surface area contributed by atoms with Gasteiger partial charge in [0.1, 0.15) is 11.6 Å². The van der Waals surface area contributed by atoms with E-state index >= 15 is 0 Å². The van der Waals surface area contributed by atoms with Crippen molar-refractivity contribution in [3.63, 3.8) is 0 Å². The monoisotopic (exact) mass is 271 g/mol. The van der Waals surface area contributed by atoms with Gasteiger partial charge in [0.15, 0.2) is 0 Å². The van der Waals surface area contributed by atoms with Crippen LogP contribution in [0.25, 0.3) is 10.4 Å². The molecule has 0 aliphatic heterocycles. The van der Waals surface area contributed by atoms with E-state index in [1.54, 1.807) is 0 Å². The number of halogens is 3. The predicted octanol–water partition coefficient (Wildman–Crippen LogP) is 3.39. The summed E-state index contributed by atoms with van der Waals surface area (Å²) >= 11 is 2.84. The predicted molar refractivity (Wildman–Crippen MR) is 54.9 cm³/mol. The smallest absolute Gasteiger partial charge is 0.140 e. The second-order valence-corrected chi connectivity index (χ2v) is 3.29. The summed E-state index contributed by atoms with van der Waals surface area (Å²) < 4.78 is 26.2. The molecule has 0 amide bonds. The van der Waals surface area contributed by atoms with Crippen LogP contribution in [-0.4, -0.2) is 6.54 Å². The highest BCUT2D eigenvalue weighted by Crippen LogP contribution is 2.19. The Bertz CT molecular complexity index is 484. The summed E-state index contributed by atoms with van der Waals surface area (Å²) in [5.74, 6) is 3.54. The zero-order chi connectivity index (χ0) is 11.3. The van der Waals surface area contributed by atoms with Crippen molar-refractivity contribution in [2.45, 2.75) is 0 Å². The lowest BCUT2D eigenvalue weighted by Gasteiger charge is -1.97. The van der Waals surface area contributed by atoms with Gasteiger partial charge in [-0.15, -0.1) is 0 Å². The van der Waals surface area contributed by atoms with Crippen LogP contribution in [0.5, 0.6) is 0 Å². The van der Waals surface area contributed by atoms with E-state index in [2.05, 4.69) is 37.8 Å². The first-order chi connectivity index (χ1) is 7.15. The average Bonchev–Trinajstić information content (AvgIpc) is 2.20. The summed E-state index contributed by atoms with van der Waals surface area (Å²) in [4.78, 5) is 2.47. The van der Waals surface area contributed by atoms with Gasteiger partial charge in [0, 0.05) is 4.91 Å². The van der Waals surface area contributed by atoms with Crippen LogP contribution in [0.1, 0.15) is 5.56 Å². The molecule has 0 fully saturated rings. The Balaban J connectivity index is 2.98. The fourth-order valence-corrected chi connectivity index (χ4v) is 1.14. The van der Waals surface area contributed by atoms with E-state index in [0.717, 1.165) is 12.1 Å². The van der Waals surface area contributed by atoms with Crippen LogP contribution in [0.2, 0.25) is 0 Å². The van der Waals surface area contributed by atoms with Crippen LogP contribution in [0.3, 0.4) is 0 Å². The van der Waals surface area contributed by atoms with Crippen molar-refractivity contribution in [1.29, 1.82) is 0 Å². The molecule has 0 aliphatic carbocycles. The van der Waals surface area contributed by atoms with Gasteiger partial charge in [-0.1, -0.05) is 17.0 Å². The maximum absolute atomic E-state index is 13.1. The molecule has 0 aromatic heterocycles. The van der Waals surface area contributed by atoms with Crippen LogP contribution in [0, 0.1) is 23.5 Å². The second kappa shape index (κ2) is 5.35. The molecule has 3 nitrogen and oxygen atoms in total. The Morgan fingerprint density at radius 3 is 2.80 bits per heavy atom. The van der Waals surface area contributed by atoms with Crippen molar-refractivity contribution in [3.8, 4) is 11.8 Å². The number of azide groups is 1. The number of hydrogen-bond donors (Lipinski definition) is 0. The van der Waals surface area contributed by atoms with Crippen molar-refractivity contribution in [2.24, 2.45) is 5.11 Å². The lowest BCUT2D eigenvalue weighted by atomic mass is 10.2. The third-order valence-electron chi connectivity index (χ3n) is 1.45. The van der Waals surface area contributed by atoms with Crippen molar-refractivity contribution in [2.75, 3.05) is 6.54 Å². The quantitative estimate of drug-likeness (QED) is 0.247. The molecule has 1 aromatic carbocycles. The zero-order valence-electron chi connectivity index (χ0n) is 7.34. The molecule has 0 saturated heterocycles. The Labute approximate surface area is 92.9 Å². The second-order valence-electron chi connectivity index (χ2n) is 2.44. The van der Waals surface area contributed by atoms with Crippen LogP contribution in [-0.2, 0) is 0 Å². The molecule has 0 bridgehead atoms. The van der Waals surface area contributed by atoms with Gasteiger partial charge in [-0.3, -0.25) is 0 Å². The molecular weight excluding hydrogens is 268 g/mol. The molecule has 0 unspecified atom stereocenters. The Morgan fingerprint density at radius 2 is 2.13 bits per heavy atom. The van der Waals surface area contributed by atoms with Crippen molar-refractivity contribution in [1.82, 2.24) is 0 Å². The standard InChI is InChI=1S/C9H4BrF2N3/c10-7-5-8(11)6(4-9(7)12)2-1-3-14-15-13/h4-5H,3H2. The average molecular weight is 272 g/mol. The van der Waals surface area contributed by atoms with Gasteiger partial charge in [-0.25, -0.2) is 8.78 Å². The topological polar surface area (TPSA) is 48.8 Å². The van der Waals surface area contributed by atoms with Crippen molar-refractivity contribution < 1.29 is 8.78 Å². The van der Waals surface area contributed by atoms with Gasteiger partial charge in [-0.2, -0.15) is 0 Å². The summed E-state index contributed by atoms with van der Waals surface area (Å²) in [7, 11) is 0. The maximum Gasteiger partial charge on any atom is 0.140 e. The van der Waals surface area contributed by atoms with E-state index in [1.165, 1.54) is 0 Å². The number of nitrogens with zero attached hydrogens (tertiary/aromatic N) is 3. The van der Waals surface area contributed by atoms with Gasteiger partial charge in [-0.05, 0) is 33.6 Å². The minimum absolute atomic E-state index is 0.0422. The van der Waals surface area contributed by atoms with Crippen LogP contribution in [0.4, 0.5) is 8.78 Å². The van der Waals surface area contributed by atoms with Gasteiger partial charge < -0.3 is 0 Å². The Kier molecular flexibility index (Phi) is 4.10. The highest BCUT2D eigenvalue weighted by Gasteiger charge is 2.05. The summed E-state index contributed by atoms with van der Waals surface area (Å²) in [6.45, 7) is -0.0758. The lowest BCUT2D eigenvalue weighted by molar-refractivity contribution is 0.591. The van der Waals surface area contributed by atoms with Gasteiger partial charge in [0.25, 0.3) is 0 Å².